The van der Waals surface area contributed by atoms with Gasteiger partial charge in [0.15, 0.2) is 5.82 Å². The van der Waals surface area contributed by atoms with Gasteiger partial charge in [0.1, 0.15) is 0 Å². The van der Waals surface area contributed by atoms with Gasteiger partial charge in [-0.2, -0.15) is 5.10 Å². The Hall–Kier alpha value is -1.96. The molecule has 0 bridgehead atoms. The molecule has 0 aromatic carbocycles. The molecule has 2 aromatic rings. The van der Waals surface area contributed by atoms with Gasteiger partial charge in [-0.15, -0.1) is 11.3 Å². The number of thiophene rings is 1. The summed E-state index contributed by atoms with van der Waals surface area (Å²) in [4.78, 5) is 11.6. The number of carbonyl (C=O) groups excluding carboxylic acids is 1. The van der Waals surface area contributed by atoms with Crippen LogP contribution in [0.2, 0.25) is 0 Å². The fourth-order valence-electron chi connectivity index (χ4n) is 1.56. The second-order valence-electron chi connectivity index (χ2n) is 3.65. The summed E-state index contributed by atoms with van der Waals surface area (Å²) in [5, 5.41) is 7.89. The molecule has 0 atom stereocenters. The minimum atomic E-state index is -2.67. The molecular formula is C11H11F2N3O2S. The summed E-state index contributed by atoms with van der Waals surface area (Å²) in [6, 6.07) is 2.87. The zero-order chi connectivity index (χ0) is 14.0. The number of carbonyl (C=O) groups is 1. The molecule has 2 aromatic heterocycles. The summed E-state index contributed by atoms with van der Waals surface area (Å²) in [5.74, 6) is 0.0859. The number of nitrogens with one attached hydrogen (secondary N) is 1. The van der Waals surface area contributed by atoms with Crippen molar-refractivity contribution in [3.05, 3.63) is 28.0 Å². The van der Waals surface area contributed by atoms with Crippen molar-refractivity contribution >= 4 is 23.1 Å². The normalized spacial score (nSPS) is 10.8. The van der Waals surface area contributed by atoms with Crippen LogP contribution in [0.3, 0.4) is 0 Å². The monoisotopic (exact) mass is 287 g/mol. The van der Waals surface area contributed by atoms with Crippen molar-refractivity contribution in [1.82, 2.24) is 9.78 Å². The highest BCUT2D eigenvalue weighted by Gasteiger charge is 2.20. The van der Waals surface area contributed by atoms with Crippen LogP contribution >= 0.6 is 11.3 Å². The average molecular weight is 287 g/mol. The highest BCUT2D eigenvalue weighted by molar-refractivity contribution is 7.10. The van der Waals surface area contributed by atoms with Crippen molar-refractivity contribution in [3.8, 4) is 5.88 Å². The maximum Gasteiger partial charge on any atom is 0.273 e. The van der Waals surface area contributed by atoms with Gasteiger partial charge in [0, 0.05) is 13.1 Å². The standard InChI is InChI=1S/C11H11F2N3O2S/c1-16-8(18-2)5-7(15-16)14-11(17)6-3-4-19-9(6)10(12)13/h3-5,10H,1-2H3,(H,14,15,17). The number of hydrogen-bond donors (Lipinski definition) is 1. The fourth-order valence-corrected chi connectivity index (χ4v) is 2.30. The van der Waals surface area contributed by atoms with Gasteiger partial charge in [-0.1, -0.05) is 0 Å². The summed E-state index contributed by atoms with van der Waals surface area (Å²) in [6.07, 6.45) is -2.67. The molecular weight excluding hydrogens is 276 g/mol. The molecule has 5 nitrogen and oxygen atoms in total. The number of aryl methyl sites for hydroxylation is 1. The number of alkyl halides is 2. The second-order valence-corrected chi connectivity index (χ2v) is 4.60. The number of methoxy groups -OCH3 is 1. The molecule has 0 aliphatic heterocycles. The van der Waals surface area contributed by atoms with Crippen LogP contribution in [0.15, 0.2) is 17.5 Å². The molecule has 0 aliphatic rings. The van der Waals surface area contributed by atoms with Crippen LogP contribution < -0.4 is 10.1 Å². The SMILES string of the molecule is COc1cc(NC(=O)c2ccsc2C(F)F)nn1C. The predicted octanol–water partition coefficient (Wildman–Crippen LogP) is 2.68. The van der Waals surface area contributed by atoms with Gasteiger partial charge in [-0.05, 0) is 11.4 Å². The van der Waals surface area contributed by atoms with E-state index in [1.54, 1.807) is 7.05 Å². The van der Waals surface area contributed by atoms with Crippen molar-refractivity contribution in [2.24, 2.45) is 7.05 Å². The highest BCUT2D eigenvalue weighted by atomic mass is 32.1. The number of nitrogens with zero attached hydrogens (tertiary/aromatic N) is 2. The Bertz CT molecular complexity index is 595. The van der Waals surface area contributed by atoms with Crippen LogP contribution in [-0.2, 0) is 7.05 Å². The maximum atomic E-state index is 12.7. The van der Waals surface area contributed by atoms with Gasteiger partial charge in [-0.3, -0.25) is 4.79 Å². The Kier molecular flexibility index (Phi) is 3.79. The second kappa shape index (κ2) is 5.35. The molecule has 8 heteroatoms. The lowest BCUT2D eigenvalue weighted by Gasteiger charge is -2.02. The lowest BCUT2D eigenvalue weighted by molar-refractivity contribution is 0.101. The molecule has 1 amide bonds. The molecule has 2 rings (SSSR count). The Labute approximate surface area is 111 Å². The third-order valence-electron chi connectivity index (χ3n) is 2.43. The summed E-state index contributed by atoms with van der Waals surface area (Å²) in [6.45, 7) is 0. The molecule has 0 saturated heterocycles. The summed E-state index contributed by atoms with van der Waals surface area (Å²) in [5.41, 5.74) is -0.0374. The number of rotatable bonds is 4. The van der Waals surface area contributed by atoms with Gasteiger partial charge >= 0.3 is 0 Å². The van der Waals surface area contributed by atoms with E-state index in [1.807, 2.05) is 0 Å². The van der Waals surface area contributed by atoms with Crippen molar-refractivity contribution in [1.29, 1.82) is 0 Å². The first-order chi connectivity index (χ1) is 9.02. The van der Waals surface area contributed by atoms with Crippen LogP contribution in [-0.4, -0.2) is 22.8 Å². The fraction of sp³-hybridized carbons (Fsp3) is 0.273. The average Bonchev–Trinajstić information content (AvgIpc) is 2.95. The van der Waals surface area contributed by atoms with E-state index in [1.165, 1.54) is 29.3 Å². The minimum absolute atomic E-state index is 0.0374. The van der Waals surface area contributed by atoms with E-state index < -0.39 is 12.3 Å². The molecule has 2 heterocycles. The molecule has 0 aliphatic carbocycles. The van der Waals surface area contributed by atoms with Gasteiger partial charge in [0.2, 0.25) is 5.88 Å². The summed E-state index contributed by atoms with van der Waals surface area (Å²) < 4.78 is 31.8. The van der Waals surface area contributed by atoms with E-state index in [9.17, 15) is 13.6 Å². The quantitative estimate of drug-likeness (QED) is 0.940. The Morgan fingerprint density at radius 1 is 1.58 bits per heavy atom. The maximum absolute atomic E-state index is 12.7. The zero-order valence-electron chi connectivity index (χ0n) is 10.2. The topological polar surface area (TPSA) is 56.1 Å². The molecule has 0 spiro atoms. The van der Waals surface area contributed by atoms with Crippen molar-refractivity contribution < 1.29 is 18.3 Å². The smallest absolute Gasteiger partial charge is 0.273 e. The van der Waals surface area contributed by atoms with E-state index in [0.29, 0.717) is 5.88 Å². The van der Waals surface area contributed by atoms with Crippen LogP contribution in [0.25, 0.3) is 0 Å². The van der Waals surface area contributed by atoms with Crippen LogP contribution in [0.1, 0.15) is 21.7 Å². The summed E-state index contributed by atoms with van der Waals surface area (Å²) >= 11 is 0.848. The lowest BCUT2D eigenvalue weighted by atomic mass is 10.2. The first-order valence-electron chi connectivity index (χ1n) is 5.28. The number of anilines is 1. The first kappa shape index (κ1) is 13.5. The van der Waals surface area contributed by atoms with Crippen LogP contribution in [0.5, 0.6) is 5.88 Å². The van der Waals surface area contributed by atoms with Gasteiger partial charge in [0.05, 0.1) is 17.6 Å². The largest absolute Gasteiger partial charge is 0.481 e. The molecule has 0 saturated carbocycles. The Morgan fingerprint density at radius 3 is 2.89 bits per heavy atom. The first-order valence-corrected chi connectivity index (χ1v) is 6.15. The number of hydrogen-bond acceptors (Lipinski definition) is 4. The van der Waals surface area contributed by atoms with Crippen LogP contribution in [0, 0.1) is 0 Å². The van der Waals surface area contributed by atoms with E-state index in [-0.39, 0.29) is 16.3 Å². The van der Waals surface area contributed by atoms with Gasteiger partial charge < -0.3 is 10.1 Å². The van der Waals surface area contributed by atoms with Gasteiger partial charge in [-0.25, -0.2) is 13.5 Å². The van der Waals surface area contributed by atoms with Crippen molar-refractivity contribution in [2.45, 2.75) is 6.43 Å². The highest BCUT2D eigenvalue weighted by Crippen LogP contribution is 2.29. The van der Waals surface area contributed by atoms with Crippen LogP contribution in [0.4, 0.5) is 14.6 Å². The molecule has 1 N–H and O–H groups in total. The Balaban J connectivity index is 2.18. The van der Waals surface area contributed by atoms with E-state index >= 15 is 0 Å². The number of halogens is 2. The van der Waals surface area contributed by atoms with E-state index in [0.717, 1.165) is 11.3 Å². The third kappa shape index (κ3) is 2.73. The number of amides is 1. The van der Waals surface area contributed by atoms with Gasteiger partial charge in [0.25, 0.3) is 12.3 Å². The molecule has 19 heavy (non-hydrogen) atoms. The minimum Gasteiger partial charge on any atom is -0.481 e. The predicted molar refractivity (Wildman–Crippen MR) is 67.0 cm³/mol. The lowest BCUT2D eigenvalue weighted by Crippen LogP contribution is -2.13. The number of ether oxygens (including phenoxy) is 1. The van der Waals surface area contributed by atoms with Crippen molar-refractivity contribution in [2.75, 3.05) is 12.4 Å². The van der Waals surface area contributed by atoms with E-state index in [2.05, 4.69) is 10.4 Å². The number of aromatic nitrogens is 2. The molecule has 0 radical (unpaired) electrons. The van der Waals surface area contributed by atoms with E-state index in [4.69, 9.17) is 4.74 Å². The zero-order valence-corrected chi connectivity index (χ0v) is 11.0. The third-order valence-corrected chi connectivity index (χ3v) is 3.35. The Morgan fingerprint density at radius 2 is 2.32 bits per heavy atom. The molecule has 102 valence electrons. The summed E-state index contributed by atoms with van der Waals surface area (Å²) in [7, 11) is 3.11. The molecule has 0 unspecified atom stereocenters. The van der Waals surface area contributed by atoms with Crippen molar-refractivity contribution in [3.63, 3.8) is 0 Å². The molecule has 0 fully saturated rings.